The lowest BCUT2D eigenvalue weighted by atomic mass is 9.97. The van der Waals surface area contributed by atoms with Gasteiger partial charge < -0.3 is 14.8 Å². The highest BCUT2D eigenvalue weighted by atomic mass is 16.1. The fourth-order valence-corrected chi connectivity index (χ4v) is 4.46. The SMILES string of the molecule is C=Nc1c(-c2cc(-c3ccc(N4CCC(N(C)C)CC4)cc3)ccc2C)[nH]c(=O)n1C. The molecule has 0 saturated carbocycles. The molecule has 1 aliphatic rings. The molecule has 3 aromatic rings. The minimum Gasteiger partial charge on any atom is -0.371 e. The van der Waals surface area contributed by atoms with E-state index >= 15 is 0 Å². The van der Waals surface area contributed by atoms with Gasteiger partial charge in [0.1, 0.15) is 0 Å². The smallest absolute Gasteiger partial charge is 0.327 e. The Morgan fingerprint density at radius 3 is 2.32 bits per heavy atom. The van der Waals surface area contributed by atoms with Crippen molar-refractivity contribution in [3.63, 3.8) is 0 Å². The van der Waals surface area contributed by atoms with Gasteiger partial charge in [-0.25, -0.2) is 9.79 Å². The molecule has 0 aliphatic carbocycles. The number of nitrogens with zero attached hydrogens (tertiary/aromatic N) is 4. The van der Waals surface area contributed by atoms with E-state index in [1.807, 2.05) is 6.92 Å². The number of piperidine rings is 1. The molecule has 162 valence electrons. The number of rotatable bonds is 5. The summed E-state index contributed by atoms with van der Waals surface area (Å²) in [7, 11) is 6.04. The van der Waals surface area contributed by atoms with E-state index in [-0.39, 0.29) is 5.69 Å². The van der Waals surface area contributed by atoms with Gasteiger partial charge in [-0.05, 0) is 75.5 Å². The Morgan fingerprint density at radius 1 is 1.06 bits per heavy atom. The molecule has 1 aliphatic heterocycles. The summed E-state index contributed by atoms with van der Waals surface area (Å²) in [5, 5.41) is 0. The summed E-state index contributed by atoms with van der Waals surface area (Å²) < 4.78 is 1.49. The fraction of sp³-hybridized carbons (Fsp3) is 0.360. The molecule has 31 heavy (non-hydrogen) atoms. The first-order valence-electron chi connectivity index (χ1n) is 10.8. The minimum atomic E-state index is -0.190. The van der Waals surface area contributed by atoms with E-state index in [0.29, 0.717) is 17.6 Å². The van der Waals surface area contributed by atoms with Crippen molar-refractivity contribution in [2.45, 2.75) is 25.8 Å². The highest BCUT2D eigenvalue weighted by molar-refractivity contribution is 5.79. The average molecular weight is 418 g/mol. The molecular formula is C25H31N5O. The zero-order chi connectivity index (χ0) is 22.1. The number of nitrogens with one attached hydrogen (secondary N) is 1. The predicted octanol–water partition coefficient (Wildman–Crippen LogP) is 4.22. The van der Waals surface area contributed by atoms with Gasteiger partial charge in [0.2, 0.25) is 0 Å². The van der Waals surface area contributed by atoms with Gasteiger partial charge in [-0.1, -0.05) is 24.3 Å². The van der Waals surface area contributed by atoms with Crippen LogP contribution in [0.4, 0.5) is 11.5 Å². The molecular weight excluding hydrogens is 386 g/mol. The Bertz CT molecular complexity index is 1130. The Morgan fingerprint density at radius 2 is 1.71 bits per heavy atom. The lowest BCUT2D eigenvalue weighted by molar-refractivity contribution is 0.249. The molecule has 2 aromatic carbocycles. The summed E-state index contributed by atoms with van der Waals surface area (Å²) >= 11 is 0. The van der Waals surface area contributed by atoms with Gasteiger partial charge >= 0.3 is 5.69 Å². The number of anilines is 1. The molecule has 0 radical (unpaired) electrons. The first-order chi connectivity index (χ1) is 14.9. The number of hydrogen-bond acceptors (Lipinski definition) is 4. The monoisotopic (exact) mass is 417 g/mol. The van der Waals surface area contributed by atoms with Crippen molar-refractivity contribution in [1.29, 1.82) is 0 Å². The van der Waals surface area contributed by atoms with Crippen LogP contribution in [0.1, 0.15) is 18.4 Å². The van der Waals surface area contributed by atoms with Crippen LogP contribution in [0.5, 0.6) is 0 Å². The van der Waals surface area contributed by atoms with Crippen molar-refractivity contribution < 1.29 is 0 Å². The van der Waals surface area contributed by atoms with E-state index in [9.17, 15) is 4.79 Å². The third kappa shape index (κ3) is 4.08. The summed E-state index contributed by atoms with van der Waals surface area (Å²) in [5.41, 5.74) is 6.10. The summed E-state index contributed by atoms with van der Waals surface area (Å²) in [4.78, 5) is 23.9. The van der Waals surface area contributed by atoms with Gasteiger partial charge in [-0.15, -0.1) is 0 Å². The molecule has 0 unspecified atom stereocenters. The van der Waals surface area contributed by atoms with Crippen molar-refractivity contribution in [1.82, 2.24) is 14.5 Å². The molecule has 4 rings (SSSR count). The average Bonchev–Trinajstić information content (AvgIpc) is 3.07. The third-order valence-corrected chi connectivity index (χ3v) is 6.50. The van der Waals surface area contributed by atoms with Crippen molar-refractivity contribution in [2.24, 2.45) is 12.0 Å². The largest absolute Gasteiger partial charge is 0.371 e. The Kier molecular flexibility index (Phi) is 5.83. The zero-order valence-electron chi connectivity index (χ0n) is 18.9. The standard InChI is InChI=1S/C25H31N5O/c1-17-6-7-19(16-22(17)23-24(26-2)29(5)25(31)27-23)18-8-10-21(11-9-18)30-14-12-20(13-15-30)28(3)4/h6-11,16,20H,2,12-15H2,1,3-5H3,(H,27,31). The van der Waals surface area contributed by atoms with E-state index in [1.165, 1.54) is 23.1 Å². The van der Waals surface area contributed by atoms with Crippen LogP contribution in [0.25, 0.3) is 22.4 Å². The molecule has 6 nitrogen and oxygen atoms in total. The van der Waals surface area contributed by atoms with E-state index in [4.69, 9.17) is 0 Å². The second-order valence-electron chi connectivity index (χ2n) is 8.60. The van der Waals surface area contributed by atoms with Gasteiger partial charge in [0.25, 0.3) is 0 Å². The quantitative estimate of drug-likeness (QED) is 0.633. The van der Waals surface area contributed by atoms with Crippen molar-refractivity contribution >= 4 is 18.2 Å². The highest BCUT2D eigenvalue weighted by Crippen LogP contribution is 2.33. The first-order valence-corrected chi connectivity index (χ1v) is 10.8. The lowest BCUT2D eigenvalue weighted by Crippen LogP contribution is -2.41. The van der Waals surface area contributed by atoms with Crippen molar-refractivity contribution in [2.75, 3.05) is 32.1 Å². The molecule has 0 bridgehead atoms. The van der Waals surface area contributed by atoms with Gasteiger partial charge in [-0.2, -0.15) is 0 Å². The molecule has 1 N–H and O–H groups in total. The number of H-pyrrole nitrogens is 1. The van der Waals surface area contributed by atoms with Gasteiger partial charge in [0, 0.05) is 37.4 Å². The maximum atomic E-state index is 12.1. The van der Waals surface area contributed by atoms with Crippen molar-refractivity contribution in [3.8, 4) is 22.4 Å². The van der Waals surface area contributed by atoms with E-state index < -0.39 is 0 Å². The fourth-order valence-electron chi connectivity index (χ4n) is 4.46. The molecule has 0 amide bonds. The molecule has 1 aromatic heterocycles. The maximum Gasteiger partial charge on any atom is 0.327 e. The number of aliphatic imine (C=N–C) groups is 1. The Balaban J connectivity index is 1.60. The molecule has 0 atom stereocenters. The molecule has 6 heteroatoms. The normalized spacial score (nSPS) is 14.9. The van der Waals surface area contributed by atoms with Crippen LogP contribution < -0.4 is 10.6 Å². The van der Waals surface area contributed by atoms with Crippen molar-refractivity contribution in [3.05, 3.63) is 58.5 Å². The van der Waals surface area contributed by atoms with Gasteiger partial charge in [-0.3, -0.25) is 4.57 Å². The molecule has 1 saturated heterocycles. The summed E-state index contributed by atoms with van der Waals surface area (Å²) in [6, 6.07) is 15.8. The minimum absolute atomic E-state index is 0.190. The topological polar surface area (TPSA) is 56.6 Å². The van der Waals surface area contributed by atoms with Crippen LogP contribution in [0.3, 0.4) is 0 Å². The van der Waals surface area contributed by atoms with E-state index in [2.05, 4.69) is 83.1 Å². The lowest BCUT2D eigenvalue weighted by Gasteiger charge is -2.36. The van der Waals surface area contributed by atoms with Crippen LogP contribution in [-0.2, 0) is 7.05 Å². The van der Waals surface area contributed by atoms with Crippen LogP contribution in [0.15, 0.2) is 52.3 Å². The molecule has 0 spiro atoms. The number of aromatic amines is 1. The van der Waals surface area contributed by atoms with Crippen LogP contribution >= 0.6 is 0 Å². The van der Waals surface area contributed by atoms with Crippen LogP contribution in [0, 0.1) is 6.92 Å². The predicted molar refractivity (Wildman–Crippen MR) is 130 cm³/mol. The Hall–Kier alpha value is -3.12. The summed E-state index contributed by atoms with van der Waals surface area (Å²) in [6.45, 7) is 7.86. The van der Waals surface area contributed by atoms with E-state index in [1.54, 1.807) is 7.05 Å². The zero-order valence-corrected chi connectivity index (χ0v) is 18.9. The van der Waals surface area contributed by atoms with Crippen LogP contribution in [0.2, 0.25) is 0 Å². The number of aryl methyl sites for hydroxylation is 1. The molecule has 2 heterocycles. The highest BCUT2D eigenvalue weighted by Gasteiger charge is 2.21. The van der Waals surface area contributed by atoms with Gasteiger partial charge in [0.05, 0.1) is 5.69 Å². The number of benzene rings is 2. The van der Waals surface area contributed by atoms with E-state index in [0.717, 1.165) is 35.3 Å². The molecule has 1 fully saturated rings. The second kappa shape index (κ2) is 8.55. The maximum absolute atomic E-state index is 12.1. The second-order valence-corrected chi connectivity index (χ2v) is 8.60. The number of hydrogen-bond donors (Lipinski definition) is 1. The Labute approximate surface area is 183 Å². The first kappa shape index (κ1) is 21.1. The number of imidazole rings is 1. The van der Waals surface area contributed by atoms with Gasteiger partial charge in [0.15, 0.2) is 5.82 Å². The van der Waals surface area contributed by atoms with Crippen LogP contribution in [-0.4, -0.2) is 54.4 Å². The number of aromatic nitrogens is 2. The summed E-state index contributed by atoms with van der Waals surface area (Å²) in [6.07, 6.45) is 2.40. The summed E-state index contributed by atoms with van der Waals surface area (Å²) in [5.74, 6) is 0.557. The third-order valence-electron chi connectivity index (χ3n) is 6.50.